The lowest BCUT2D eigenvalue weighted by Gasteiger charge is -2.17. The van der Waals surface area contributed by atoms with E-state index in [-0.39, 0.29) is 5.65 Å². The number of aliphatic hydroxyl groups excluding tert-OH is 2. The van der Waals surface area contributed by atoms with Crippen molar-refractivity contribution in [3.05, 3.63) is 48.5 Å². The lowest BCUT2D eigenvalue weighted by molar-refractivity contribution is -0.0503. The highest BCUT2D eigenvalue weighted by Crippen LogP contribution is 2.57. The first-order chi connectivity index (χ1) is 16.5. The summed E-state index contributed by atoms with van der Waals surface area (Å²) in [5, 5.41) is 24.0. The molecule has 0 saturated carbocycles. The number of fused-ring (bicyclic) bond motifs is 1. The number of aromatic nitrogens is 4. The predicted octanol–water partition coefficient (Wildman–Crippen LogP) is 0.326. The molecule has 0 radical (unpaired) electrons. The minimum atomic E-state index is -5.31. The van der Waals surface area contributed by atoms with E-state index in [9.17, 15) is 24.2 Å². The molecule has 35 heavy (non-hydrogen) atoms. The van der Waals surface area contributed by atoms with Crippen molar-refractivity contribution in [2.24, 2.45) is 0 Å². The Morgan fingerprint density at radius 2 is 1.80 bits per heavy atom. The molecule has 1 aliphatic rings. The van der Waals surface area contributed by atoms with E-state index in [1.165, 1.54) is 17.2 Å². The average molecular weight is 531 g/mol. The molecule has 6 N–H and O–H groups in total. The number of phosphoric ester groups is 1. The van der Waals surface area contributed by atoms with E-state index in [2.05, 4.69) is 29.1 Å². The Bertz CT molecular complexity index is 1250. The van der Waals surface area contributed by atoms with Crippen molar-refractivity contribution in [2.45, 2.75) is 31.0 Å². The van der Waals surface area contributed by atoms with Gasteiger partial charge < -0.3 is 34.9 Å². The van der Waals surface area contributed by atoms with Crippen LogP contribution in [0.4, 0.5) is 5.82 Å². The molecule has 17 heteroatoms. The van der Waals surface area contributed by atoms with Gasteiger partial charge in [-0.05, 0) is 12.0 Å². The summed E-state index contributed by atoms with van der Waals surface area (Å²) >= 11 is 0. The number of nitrogens with zero attached hydrogens (tertiary/aromatic N) is 4. The number of hydrogen-bond acceptors (Lipinski definition) is 11. The molecule has 1 fully saturated rings. The second kappa shape index (κ2) is 10.4. The minimum Gasteiger partial charge on any atom is -0.387 e. The van der Waals surface area contributed by atoms with E-state index in [4.69, 9.17) is 14.5 Å². The third kappa shape index (κ3) is 6.29. The molecule has 15 nitrogen and oxygen atoms in total. The highest BCUT2D eigenvalue weighted by Gasteiger charge is 2.46. The van der Waals surface area contributed by atoms with Crippen LogP contribution in [-0.4, -0.2) is 75.9 Å². The first kappa shape index (κ1) is 25.8. The summed E-state index contributed by atoms with van der Waals surface area (Å²) in [6, 6.07) is 9.84. The second-order valence-corrected chi connectivity index (χ2v) is 10.4. The van der Waals surface area contributed by atoms with Crippen molar-refractivity contribution < 1.29 is 47.6 Å². The van der Waals surface area contributed by atoms with Crippen LogP contribution in [0.15, 0.2) is 43.0 Å². The number of ether oxygens (including phenoxy) is 1. The van der Waals surface area contributed by atoms with Crippen LogP contribution in [0.2, 0.25) is 0 Å². The number of benzene rings is 1. The number of rotatable bonds is 10. The fourth-order valence-corrected chi connectivity index (χ4v) is 5.16. The zero-order valence-electron chi connectivity index (χ0n) is 17.9. The summed E-state index contributed by atoms with van der Waals surface area (Å²) in [5.74, 6) is 0.452. The summed E-state index contributed by atoms with van der Waals surface area (Å²) in [7, 11) is -10.5. The quantitative estimate of drug-likeness (QED) is 0.194. The van der Waals surface area contributed by atoms with Crippen LogP contribution in [0.25, 0.3) is 11.2 Å². The molecule has 190 valence electrons. The van der Waals surface area contributed by atoms with Gasteiger partial charge in [-0.15, -0.1) is 0 Å². The number of hydrogen-bond donors (Lipinski definition) is 6. The van der Waals surface area contributed by atoms with Crippen molar-refractivity contribution in [1.29, 1.82) is 0 Å². The third-order valence-electron chi connectivity index (χ3n) is 5.13. The van der Waals surface area contributed by atoms with Crippen molar-refractivity contribution in [1.82, 2.24) is 19.5 Å². The zero-order valence-corrected chi connectivity index (χ0v) is 19.7. The lowest BCUT2D eigenvalue weighted by atomic mass is 10.1. The highest BCUT2D eigenvalue weighted by molar-refractivity contribution is 7.60. The maximum absolute atomic E-state index is 11.7. The molecule has 3 heterocycles. The van der Waals surface area contributed by atoms with Crippen LogP contribution >= 0.6 is 15.6 Å². The van der Waals surface area contributed by atoms with Crippen LogP contribution in [0.3, 0.4) is 0 Å². The Hall–Kier alpha value is -2.29. The molecule has 0 spiro atoms. The fourth-order valence-electron chi connectivity index (χ4n) is 3.56. The summed E-state index contributed by atoms with van der Waals surface area (Å²) in [5.41, 5.74) is 1.82. The van der Waals surface area contributed by atoms with Gasteiger partial charge in [0, 0.05) is 6.54 Å². The van der Waals surface area contributed by atoms with E-state index in [1.807, 2.05) is 30.3 Å². The van der Waals surface area contributed by atoms with Gasteiger partial charge in [-0.3, -0.25) is 9.09 Å². The number of aliphatic hydroxyl groups is 2. The molecule has 2 unspecified atom stereocenters. The number of nitrogens with one attached hydrogen (secondary N) is 1. The monoisotopic (exact) mass is 531 g/mol. The summed E-state index contributed by atoms with van der Waals surface area (Å²) in [4.78, 5) is 39.4. The first-order valence-electron chi connectivity index (χ1n) is 10.3. The van der Waals surface area contributed by atoms with E-state index in [1.54, 1.807) is 0 Å². The smallest absolute Gasteiger partial charge is 0.387 e. The molecule has 2 aromatic heterocycles. The average Bonchev–Trinajstić information content (AvgIpc) is 3.33. The minimum absolute atomic E-state index is 0.290. The van der Waals surface area contributed by atoms with Crippen LogP contribution in [-0.2, 0) is 29.1 Å². The molecule has 0 aliphatic carbocycles. The van der Waals surface area contributed by atoms with Gasteiger partial charge in [0.1, 0.15) is 24.6 Å². The summed E-state index contributed by atoms with van der Waals surface area (Å²) < 4.78 is 37.6. The van der Waals surface area contributed by atoms with Crippen LogP contribution in [0.5, 0.6) is 0 Å². The van der Waals surface area contributed by atoms with E-state index < -0.39 is 46.8 Å². The third-order valence-corrected chi connectivity index (χ3v) is 7.28. The van der Waals surface area contributed by atoms with Crippen molar-refractivity contribution in [3.8, 4) is 0 Å². The van der Waals surface area contributed by atoms with Gasteiger partial charge in [0.2, 0.25) is 0 Å². The highest BCUT2D eigenvalue weighted by atomic mass is 31.3. The lowest BCUT2D eigenvalue weighted by Crippen LogP contribution is -2.33. The molecule has 1 saturated heterocycles. The molecule has 4 rings (SSSR count). The number of imidazole rings is 1. The maximum Gasteiger partial charge on any atom is 0.481 e. The van der Waals surface area contributed by atoms with Crippen molar-refractivity contribution in [3.63, 3.8) is 0 Å². The van der Waals surface area contributed by atoms with Gasteiger partial charge in [-0.25, -0.2) is 24.1 Å². The Morgan fingerprint density at radius 3 is 2.51 bits per heavy atom. The van der Waals surface area contributed by atoms with Crippen LogP contribution in [0.1, 0.15) is 11.8 Å². The molecule has 1 aromatic carbocycles. The van der Waals surface area contributed by atoms with E-state index in [0.717, 1.165) is 12.0 Å². The van der Waals surface area contributed by atoms with Gasteiger partial charge in [0.05, 0.1) is 12.9 Å². The van der Waals surface area contributed by atoms with Crippen LogP contribution < -0.4 is 5.32 Å². The zero-order chi connectivity index (χ0) is 25.2. The predicted molar refractivity (Wildman–Crippen MR) is 119 cm³/mol. The van der Waals surface area contributed by atoms with Gasteiger partial charge in [-0.2, -0.15) is 4.31 Å². The molecular weight excluding hydrogens is 508 g/mol. The topological polar surface area (TPSA) is 219 Å². The Morgan fingerprint density at radius 1 is 1.06 bits per heavy atom. The Labute approximate surface area is 198 Å². The molecule has 5 atom stereocenters. The Kier molecular flexibility index (Phi) is 7.64. The molecular formula is C18H23N5O10P2. The SMILES string of the molecule is O=P(O)(O)OP(=O)(O)OC[C@H]1OC(n2cnc3c(NCCc4ccccc4)ncnc32)[C@H](O)[C@@H]1O. The van der Waals surface area contributed by atoms with E-state index >= 15 is 0 Å². The van der Waals surface area contributed by atoms with Gasteiger partial charge >= 0.3 is 15.6 Å². The molecule has 0 bridgehead atoms. The largest absolute Gasteiger partial charge is 0.481 e. The Balaban J connectivity index is 1.44. The van der Waals surface area contributed by atoms with E-state index in [0.29, 0.717) is 17.9 Å². The molecule has 3 aromatic rings. The maximum atomic E-state index is 11.7. The van der Waals surface area contributed by atoms with Crippen molar-refractivity contribution >= 4 is 32.6 Å². The van der Waals surface area contributed by atoms with Gasteiger partial charge in [-0.1, -0.05) is 30.3 Å². The molecule has 0 amide bonds. The fraction of sp³-hybridized carbons (Fsp3) is 0.389. The number of phosphoric acid groups is 2. The summed E-state index contributed by atoms with van der Waals surface area (Å²) in [6.07, 6.45) is -2.24. The summed E-state index contributed by atoms with van der Waals surface area (Å²) in [6.45, 7) is -0.238. The van der Waals surface area contributed by atoms with Crippen molar-refractivity contribution in [2.75, 3.05) is 18.5 Å². The van der Waals surface area contributed by atoms with Crippen LogP contribution in [0, 0.1) is 0 Å². The number of anilines is 1. The second-order valence-electron chi connectivity index (χ2n) is 7.59. The standard InChI is InChI=1S/C18H23N5O10P2/c24-14-12(8-31-35(29,30)33-34(26,27)28)32-18(15(14)25)23-10-22-13-16(20-9-21-17(13)23)19-7-6-11-4-2-1-3-5-11/h1-5,9-10,12,14-15,18,24-25H,6-8H2,(H,29,30)(H,19,20,21)(H2,26,27,28)/t12-,14-,15-,18?/m1/s1. The molecule has 1 aliphatic heterocycles. The van der Waals surface area contributed by atoms with Gasteiger partial charge in [0.15, 0.2) is 23.2 Å². The normalized spacial score (nSPS) is 24.5. The van der Waals surface area contributed by atoms with Gasteiger partial charge in [0.25, 0.3) is 0 Å². The first-order valence-corrected chi connectivity index (χ1v) is 13.3.